The Hall–Kier alpha value is -2.73. The number of aliphatic carboxylic acids is 1. The Morgan fingerprint density at radius 1 is 1.00 bits per heavy atom. The molecule has 0 atom stereocenters. The molecule has 0 unspecified atom stereocenters. The molecule has 0 bridgehead atoms. The van der Waals surface area contributed by atoms with E-state index in [4.69, 9.17) is 26.2 Å². The van der Waals surface area contributed by atoms with Crippen molar-refractivity contribution < 1.29 is 24.2 Å². The summed E-state index contributed by atoms with van der Waals surface area (Å²) in [6.45, 7) is 2.90. The summed E-state index contributed by atoms with van der Waals surface area (Å²) in [5, 5.41) is 12.1. The number of carbonyl (C=O) groups is 2. The molecule has 0 aliphatic rings. The Kier molecular flexibility index (Phi) is 5.31. The second kappa shape index (κ2) is 7.23. The van der Waals surface area contributed by atoms with E-state index >= 15 is 0 Å². The van der Waals surface area contributed by atoms with Gasteiger partial charge in [0.15, 0.2) is 5.60 Å². The van der Waals surface area contributed by atoms with E-state index in [0.717, 1.165) is 0 Å². The maximum absolute atomic E-state index is 11.8. The molecule has 24 heavy (non-hydrogen) atoms. The van der Waals surface area contributed by atoms with Crippen LogP contribution in [0.3, 0.4) is 0 Å². The van der Waals surface area contributed by atoms with Crippen molar-refractivity contribution in [3.63, 3.8) is 0 Å². The average molecular weight is 350 g/mol. The predicted octanol–water partition coefficient (Wildman–Crippen LogP) is 4.19. The Labute approximate surface area is 144 Å². The molecule has 0 aliphatic heterocycles. The Bertz CT molecular complexity index is 726. The normalized spacial score (nSPS) is 10.8. The van der Waals surface area contributed by atoms with E-state index in [9.17, 15) is 9.59 Å². The summed E-state index contributed by atoms with van der Waals surface area (Å²) >= 11 is 5.75. The van der Waals surface area contributed by atoms with Crippen molar-refractivity contribution >= 4 is 29.4 Å². The molecular formula is C17H16ClNO5. The lowest BCUT2D eigenvalue weighted by atomic mass is 10.1. The summed E-state index contributed by atoms with van der Waals surface area (Å²) < 4.78 is 10.5. The highest BCUT2D eigenvalue weighted by Gasteiger charge is 2.29. The minimum Gasteiger partial charge on any atom is -0.478 e. The van der Waals surface area contributed by atoms with E-state index < -0.39 is 17.7 Å². The number of anilines is 1. The second-order valence-corrected chi connectivity index (χ2v) is 5.85. The third-order valence-electron chi connectivity index (χ3n) is 3.01. The minimum absolute atomic E-state index is 0.361. The third kappa shape index (κ3) is 4.89. The lowest BCUT2D eigenvalue weighted by molar-refractivity contribution is -0.152. The number of halogens is 1. The molecule has 6 nitrogen and oxygen atoms in total. The number of ether oxygens (including phenoxy) is 2. The second-order valence-electron chi connectivity index (χ2n) is 5.41. The van der Waals surface area contributed by atoms with Crippen molar-refractivity contribution in [2.45, 2.75) is 19.4 Å². The summed E-state index contributed by atoms with van der Waals surface area (Å²) in [4.78, 5) is 22.8. The highest BCUT2D eigenvalue weighted by Crippen LogP contribution is 2.21. The summed E-state index contributed by atoms with van der Waals surface area (Å²) in [6.07, 6.45) is -0.656. The van der Waals surface area contributed by atoms with Crippen molar-refractivity contribution in [3.05, 3.63) is 53.6 Å². The fourth-order valence-electron chi connectivity index (χ4n) is 1.70. The van der Waals surface area contributed by atoms with Gasteiger partial charge in [0.2, 0.25) is 0 Å². The minimum atomic E-state index is -1.34. The first kappa shape index (κ1) is 17.6. The Morgan fingerprint density at radius 2 is 1.54 bits per heavy atom. The molecule has 0 saturated heterocycles. The number of rotatable bonds is 5. The monoisotopic (exact) mass is 349 g/mol. The number of hydrogen-bond donors (Lipinski definition) is 2. The van der Waals surface area contributed by atoms with Crippen molar-refractivity contribution in [3.8, 4) is 11.5 Å². The molecule has 0 radical (unpaired) electrons. The van der Waals surface area contributed by atoms with Crippen LogP contribution >= 0.6 is 11.6 Å². The standard InChI is InChI=1S/C17H16ClNO5/c1-17(2,15(20)21)24-14-9-5-12(6-10-14)19-16(22)23-13-7-3-11(18)4-8-13/h3-10H,1-2H3,(H,19,22)(H,20,21). The van der Waals surface area contributed by atoms with Gasteiger partial charge >= 0.3 is 12.1 Å². The number of carboxylic acid groups (broad SMARTS) is 1. The van der Waals surface area contributed by atoms with Gasteiger partial charge in [-0.3, -0.25) is 5.32 Å². The lowest BCUT2D eigenvalue weighted by Gasteiger charge is -2.21. The Balaban J connectivity index is 1.94. The molecule has 1 amide bonds. The van der Waals surface area contributed by atoms with Crippen LogP contribution in [0.1, 0.15) is 13.8 Å². The number of hydrogen-bond acceptors (Lipinski definition) is 4. The zero-order chi connectivity index (χ0) is 17.7. The number of carbonyl (C=O) groups excluding carboxylic acids is 1. The van der Waals surface area contributed by atoms with Gasteiger partial charge in [0.05, 0.1) is 0 Å². The molecule has 0 spiro atoms. The highest BCUT2D eigenvalue weighted by molar-refractivity contribution is 6.30. The zero-order valence-corrected chi connectivity index (χ0v) is 13.8. The summed E-state index contributed by atoms with van der Waals surface area (Å²) in [6, 6.07) is 12.7. The lowest BCUT2D eigenvalue weighted by Crippen LogP contribution is -2.37. The molecule has 0 aliphatic carbocycles. The first-order valence-electron chi connectivity index (χ1n) is 7.03. The van der Waals surface area contributed by atoms with Crippen molar-refractivity contribution in [1.82, 2.24) is 0 Å². The number of carboxylic acids is 1. The van der Waals surface area contributed by atoms with Gasteiger partial charge in [-0.05, 0) is 62.4 Å². The third-order valence-corrected chi connectivity index (χ3v) is 3.26. The molecule has 0 saturated carbocycles. The van der Waals surface area contributed by atoms with Crippen LogP contribution in [0, 0.1) is 0 Å². The fourth-order valence-corrected chi connectivity index (χ4v) is 1.82. The molecular weight excluding hydrogens is 334 g/mol. The van der Waals surface area contributed by atoms with Crippen molar-refractivity contribution in [2.24, 2.45) is 0 Å². The van der Waals surface area contributed by atoms with E-state index in [1.165, 1.54) is 13.8 Å². The number of nitrogens with one attached hydrogen (secondary N) is 1. The summed E-state index contributed by atoms with van der Waals surface area (Å²) in [5.41, 5.74) is -0.864. The average Bonchev–Trinajstić information content (AvgIpc) is 2.51. The van der Waals surface area contributed by atoms with Crippen LogP contribution in [0.5, 0.6) is 11.5 Å². The van der Waals surface area contributed by atoms with Crippen LogP contribution in [0.4, 0.5) is 10.5 Å². The molecule has 0 fully saturated rings. The quantitative estimate of drug-likeness (QED) is 0.845. The maximum atomic E-state index is 11.8. The van der Waals surface area contributed by atoms with Gasteiger partial charge in [-0.1, -0.05) is 11.6 Å². The largest absolute Gasteiger partial charge is 0.478 e. The molecule has 0 heterocycles. The molecule has 126 valence electrons. The predicted molar refractivity (Wildman–Crippen MR) is 89.9 cm³/mol. The topological polar surface area (TPSA) is 84.9 Å². The van der Waals surface area contributed by atoms with Gasteiger partial charge in [0.1, 0.15) is 11.5 Å². The van der Waals surface area contributed by atoms with Crippen LogP contribution in [-0.4, -0.2) is 22.8 Å². The van der Waals surface area contributed by atoms with Crippen LogP contribution in [0.25, 0.3) is 0 Å². The molecule has 2 rings (SSSR count). The van der Waals surface area contributed by atoms with E-state index in [1.54, 1.807) is 48.5 Å². The van der Waals surface area contributed by atoms with Gasteiger partial charge in [-0.25, -0.2) is 9.59 Å². The Morgan fingerprint density at radius 3 is 2.08 bits per heavy atom. The first-order valence-corrected chi connectivity index (χ1v) is 7.41. The van der Waals surface area contributed by atoms with Crippen molar-refractivity contribution in [1.29, 1.82) is 0 Å². The van der Waals surface area contributed by atoms with Crippen LogP contribution < -0.4 is 14.8 Å². The van der Waals surface area contributed by atoms with Gasteiger partial charge in [-0.2, -0.15) is 0 Å². The molecule has 2 aromatic carbocycles. The molecule has 2 aromatic rings. The number of benzene rings is 2. The van der Waals surface area contributed by atoms with Gasteiger partial charge in [0.25, 0.3) is 0 Å². The van der Waals surface area contributed by atoms with Gasteiger partial charge in [0, 0.05) is 10.7 Å². The molecule has 7 heteroatoms. The van der Waals surface area contributed by atoms with Crippen LogP contribution in [0.15, 0.2) is 48.5 Å². The highest BCUT2D eigenvalue weighted by atomic mass is 35.5. The van der Waals surface area contributed by atoms with Gasteiger partial charge in [-0.15, -0.1) is 0 Å². The maximum Gasteiger partial charge on any atom is 0.417 e. The summed E-state index contributed by atoms with van der Waals surface area (Å²) in [5.74, 6) is -0.338. The van der Waals surface area contributed by atoms with E-state index in [-0.39, 0.29) is 0 Å². The van der Waals surface area contributed by atoms with E-state index in [2.05, 4.69) is 5.32 Å². The zero-order valence-electron chi connectivity index (χ0n) is 13.1. The first-order chi connectivity index (χ1) is 11.3. The summed E-state index contributed by atoms with van der Waals surface area (Å²) in [7, 11) is 0. The van der Waals surface area contributed by atoms with Crippen molar-refractivity contribution in [2.75, 3.05) is 5.32 Å². The van der Waals surface area contributed by atoms with E-state index in [0.29, 0.717) is 22.2 Å². The fraction of sp³-hybridized carbons (Fsp3) is 0.176. The van der Waals surface area contributed by atoms with Crippen LogP contribution in [0.2, 0.25) is 5.02 Å². The van der Waals surface area contributed by atoms with E-state index in [1.807, 2.05) is 0 Å². The molecule has 0 aromatic heterocycles. The van der Waals surface area contributed by atoms with Crippen LogP contribution in [-0.2, 0) is 4.79 Å². The number of amides is 1. The SMILES string of the molecule is CC(C)(Oc1ccc(NC(=O)Oc2ccc(Cl)cc2)cc1)C(=O)O. The van der Waals surface area contributed by atoms with Gasteiger partial charge < -0.3 is 14.6 Å². The smallest absolute Gasteiger partial charge is 0.417 e. The molecule has 2 N–H and O–H groups in total.